The monoisotopic (exact) mass is 577 g/mol. The lowest BCUT2D eigenvalue weighted by molar-refractivity contribution is -0.385. The molecule has 41 heavy (non-hydrogen) atoms. The van der Waals surface area contributed by atoms with E-state index in [-0.39, 0.29) is 35.3 Å². The van der Waals surface area contributed by atoms with Crippen LogP contribution in [0.1, 0.15) is 63.0 Å². The van der Waals surface area contributed by atoms with E-state index in [1.807, 2.05) is 18.7 Å². The summed E-state index contributed by atoms with van der Waals surface area (Å²) in [7, 11) is 0. The molecule has 0 saturated carbocycles. The van der Waals surface area contributed by atoms with Crippen LogP contribution in [0.5, 0.6) is 11.5 Å². The average Bonchev–Trinajstić information content (AvgIpc) is 2.95. The van der Waals surface area contributed by atoms with Crippen molar-refractivity contribution in [1.82, 2.24) is 9.80 Å². The number of hydrogen-bond acceptors (Lipinski definition) is 6. The molecule has 0 aromatic heterocycles. The standard InChI is InChI=1S/C30H38F3N3O5/c1-21(2)20-40-28-19-26(7-8-27(28)36(38)39)41-25-11-17-35(18-12-25)29(37)13-16-34-14-9-23(10-15-34)22-3-5-24(6-4-22)30(31,32)33/h3-8,19,21,23,25H,9-18,20H2,1-2H3. The summed E-state index contributed by atoms with van der Waals surface area (Å²) in [6, 6.07) is 10.0. The van der Waals surface area contributed by atoms with E-state index in [4.69, 9.17) is 9.47 Å². The van der Waals surface area contributed by atoms with Crippen LogP contribution in [-0.2, 0) is 11.0 Å². The Morgan fingerprint density at radius 3 is 2.27 bits per heavy atom. The van der Waals surface area contributed by atoms with Gasteiger partial charge in [-0.2, -0.15) is 13.2 Å². The van der Waals surface area contributed by atoms with Gasteiger partial charge in [0.15, 0.2) is 0 Å². The third-order valence-corrected chi connectivity index (χ3v) is 7.74. The van der Waals surface area contributed by atoms with Crippen molar-refractivity contribution in [2.45, 2.75) is 64.1 Å². The molecule has 0 radical (unpaired) electrons. The van der Waals surface area contributed by atoms with Crippen molar-refractivity contribution in [3.05, 3.63) is 63.7 Å². The van der Waals surface area contributed by atoms with E-state index < -0.39 is 16.7 Å². The first-order valence-corrected chi connectivity index (χ1v) is 14.2. The molecule has 2 heterocycles. The number of carbonyl (C=O) groups excluding carboxylic acids is 1. The molecular formula is C30H38F3N3O5. The van der Waals surface area contributed by atoms with Crippen LogP contribution in [0.15, 0.2) is 42.5 Å². The van der Waals surface area contributed by atoms with Gasteiger partial charge in [-0.25, -0.2) is 0 Å². The minimum atomic E-state index is -4.32. The third-order valence-electron chi connectivity index (χ3n) is 7.74. The maximum absolute atomic E-state index is 12.9. The van der Waals surface area contributed by atoms with E-state index in [0.717, 1.165) is 43.6 Å². The van der Waals surface area contributed by atoms with Crippen LogP contribution in [0.2, 0.25) is 0 Å². The molecule has 4 rings (SSSR count). The van der Waals surface area contributed by atoms with Crippen molar-refractivity contribution in [2.24, 2.45) is 5.92 Å². The highest BCUT2D eigenvalue weighted by atomic mass is 19.4. The Hall–Kier alpha value is -3.34. The van der Waals surface area contributed by atoms with Crippen LogP contribution in [-0.4, -0.2) is 66.1 Å². The third kappa shape index (κ3) is 8.58. The Morgan fingerprint density at radius 2 is 1.68 bits per heavy atom. The summed E-state index contributed by atoms with van der Waals surface area (Å²) >= 11 is 0. The fraction of sp³-hybridized carbons (Fsp3) is 0.567. The zero-order valence-corrected chi connectivity index (χ0v) is 23.6. The van der Waals surface area contributed by atoms with Crippen molar-refractivity contribution in [1.29, 1.82) is 0 Å². The Labute approximate surface area is 238 Å². The van der Waals surface area contributed by atoms with Gasteiger partial charge in [-0.15, -0.1) is 0 Å². The molecule has 0 bridgehead atoms. The average molecular weight is 578 g/mol. The highest BCUT2D eigenvalue weighted by molar-refractivity contribution is 5.76. The number of halogens is 3. The largest absolute Gasteiger partial charge is 0.490 e. The normalized spacial score (nSPS) is 17.6. The molecule has 2 aliphatic rings. The molecule has 2 aromatic carbocycles. The molecule has 1 amide bonds. The number of nitrogens with zero attached hydrogens (tertiary/aromatic N) is 3. The maximum atomic E-state index is 12.9. The van der Waals surface area contributed by atoms with Gasteiger partial charge in [0, 0.05) is 51.0 Å². The van der Waals surface area contributed by atoms with E-state index in [1.54, 1.807) is 24.3 Å². The number of hydrogen-bond donors (Lipinski definition) is 0. The number of amides is 1. The molecule has 2 aliphatic heterocycles. The van der Waals surface area contributed by atoms with Crippen molar-refractivity contribution >= 4 is 11.6 Å². The fourth-order valence-corrected chi connectivity index (χ4v) is 5.35. The SMILES string of the molecule is CC(C)COc1cc(OC2CCN(C(=O)CCN3CCC(c4ccc(C(F)(F)F)cc4)CC3)CC2)ccc1[N+](=O)[O-]. The number of likely N-dealkylation sites (tertiary alicyclic amines) is 2. The number of carbonyl (C=O) groups is 1. The molecule has 0 atom stereocenters. The zero-order valence-electron chi connectivity index (χ0n) is 23.6. The van der Waals surface area contributed by atoms with Crippen molar-refractivity contribution in [3.8, 4) is 11.5 Å². The van der Waals surface area contributed by atoms with Crippen LogP contribution < -0.4 is 9.47 Å². The van der Waals surface area contributed by atoms with Gasteiger partial charge in [-0.1, -0.05) is 26.0 Å². The van der Waals surface area contributed by atoms with Crippen molar-refractivity contribution in [2.75, 3.05) is 39.3 Å². The lowest BCUT2D eigenvalue weighted by Gasteiger charge is -2.34. The first-order valence-electron chi connectivity index (χ1n) is 14.2. The molecule has 0 spiro atoms. The summed E-state index contributed by atoms with van der Waals surface area (Å²) in [5, 5.41) is 11.3. The first kappa shape index (κ1) is 30.6. The quantitative estimate of drug-likeness (QED) is 0.244. The maximum Gasteiger partial charge on any atom is 0.416 e. The second-order valence-electron chi connectivity index (χ2n) is 11.3. The zero-order chi connectivity index (χ0) is 29.6. The Bertz CT molecular complexity index is 1170. The first-order chi connectivity index (χ1) is 19.5. The summed E-state index contributed by atoms with van der Waals surface area (Å²) in [6.45, 7) is 7.76. The minimum absolute atomic E-state index is 0.0947. The van der Waals surface area contributed by atoms with Gasteiger partial charge in [0.05, 0.1) is 17.1 Å². The van der Waals surface area contributed by atoms with Crippen LogP contribution in [0.4, 0.5) is 18.9 Å². The number of nitro groups is 1. The van der Waals surface area contributed by atoms with Gasteiger partial charge in [-0.05, 0) is 61.5 Å². The summed E-state index contributed by atoms with van der Waals surface area (Å²) in [5.74, 6) is 1.27. The van der Waals surface area contributed by atoms with Gasteiger partial charge >= 0.3 is 11.9 Å². The van der Waals surface area contributed by atoms with Gasteiger partial charge in [0.2, 0.25) is 11.7 Å². The smallest absolute Gasteiger partial charge is 0.416 e. The van der Waals surface area contributed by atoms with Crippen LogP contribution >= 0.6 is 0 Å². The van der Waals surface area contributed by atoms with Gasteiger partial charge in [0.25, 0.3) is 0 Å². The van der Waals surface area contributed by atoms with Crippen LogP contribution in [0.25, 0.3) is 0 Å². The number of piperidine rings is 2. The summed E-state index contributed by atoms with van der Waals surface area (Å²) in [6.07, 6.45) is -0.939. The van der Waals surface area contributed by atoms with E-state index in [0.29, 0.717) is 51.3 Å². The molecular weight excluding hydrogens is 539 g/mol. The van der Waals surface area contributed by atoms with Crippen molar-refractivity contribution < 1.29 is 32.4 Å². The molecule has 11 heteroatoms. The predicted molar refractivity (Wildman–Crippen MR) is 148 cm³/mol. The number of alkyl halides is 3. The predicted octanol–water partition coefficient (Wildman–Crippen LogP) is 6.29. The fourth-order valence-electron chi connectivity index (χ4n) is 5.35. The molecule has 2 fully saturated rings. The van der Waals surface area contributed by atoms with E-state index in [2.05, 4.69) is 4.90 Å². The van der Waals surface area contributed by atoms with E-state index in [9.17, 15) is 28.1 Å². The van der Waals surface area contributed by atoms with Crippen LogP contribution in [0, 0.1) is 16.0 Å². The van der Waals surface area contributed by atoms with Gasteiger partial charge in [0.1, 0.15) is 11.9 Å². The molecule has 8 nitrogen and oxygen atoms in total. The van der Waals surface area contributed by atoms with Gasteiger partial charge < -0.3 is 19.3 Å². The molecule has 0 aliphatic carbocycles. The van der Waals surface area contributed by atoms with Crippen molar-refractivity contribution in [3.63, 3.8) is 0 Å². The number of nitro benzene ring substituents is 1. The molecule has 0 N–H and O–H groups in total. The number of benzene rings is 2. The topological polar surface area (TPSA) is 85.2 Å². The molecule has 0 unspecified atom stereocenters. The lowest BCUT2D eigenvalue weighted by Crippen LogP contribution is -2.43. The number of ether oxygens (including phenoxy) is 2. The lowest BCUT2D eigenvalue weighted by atomic mass is 9.89. The van der Waals surface area contributed by atoms with Gasteiger partial charge in [-0.3, -0.25) is 14.9 Å². The van der Waals surface area contributed by atoms with E-state index >= 15 is 0 Å². The molecule has 224 valence electrons. The Kier molecular flexibility index (Phi) is 10.1. The highest BCUT2D eigenvalue weighted by Crippen LogP contribution is 2.34. The second-order valence-corrected chi connectivity index (χ2v) is 11.3. The Morgan fingerprint density at radius 1 is 1.02 bits per heavy atom. The summed E-state index contributed by atoms with van der Waals surface area (Å²) < 4.78 is 50.2. The summed E-state index contributed by atoms with van der Waals surface area (Å²) in [4.78, 5) is 27.9. The summed E-state index contributed by atoms with van der Waals surface area (Å²) in [5.41, 5.74) is 0.217. The van der Waals surface area contributed by atoms with E-state index in [1.165, 1.54) is 6.07 Å². The second kappa shape index (κ2) is 13.5. The Balaban J connectivity index is 1.18. The number of rotatable bonds is 10. The molecule has 2 saturated heterocycles. The molecule has 2 aromatic rings. The van der Waals surface area contributed by atoms with Crippen LogP contribution in [0.3, 0.4) is 0 Å². The minimum Gasteiger partial charge on any atom is -0.490 e. The highest BCUT2D eigenvalue weighted by Gasteiger charge is 2.31.